The van der Waals surface area contributed by atoms with Gasteiger partial charge in [0.05, 0.1) is 6.10 Å². The Morgan fingerprint density at radius 3 is 2.67 bits per heavy atom. The van der Waals surface area contributed by atoms with Crippen molar-refractivity contribution in [2.45, 2.75) is 45.6 Å². The first-order valence-corrected chi connectivity index (χ1v) is 5.90. The molecule has 0 aromatic rings. The molecule has 0 aromatic heterocycles. The van der Waals surface area contributed by atoms with Crippen LogP contribution in [0.3, 0.4) is 0 Å². The standard InChI is InChI=1S/C10H19IO/c1-3-4-5-9(2)8-10(12)6-7-11/h6-7,9-10,12H,3-5,8H2,1-2H3/b7-6+/t9-,10+/m0/s1. The second-order valence-corrected chi connectivity index (χ2v) is 4.09. The van der Waals surface area contributed by atoms with Crippen LogP contribution in [-0.4, -0.2) is 11.2 Å². The Morgan fingerprint density at radius 2 is 2.17 bits per heavy atom. The molecule has 0 bridgehead atoms. The molecule has 0 radical (unpaired) electrons. The first-order valence-electron chi connectivity index (χ1n) is 4.65. The average molecular weight is 282 g/mol. The monoisotopic (exact) mass is 282 g/mol. The highest BCUT2D eigenvalue weighted by Crippen LogP contribution is 2.14. The van der Waals surface area contributed by atoms with Gasteiger partial charge < -0.3 is 5.11 Å². The van der Waals surface area contributed by atoms with Gasteiger partial charge in [0.2, 0.25) is 0 Å². The van der Waals surface area contributed by atoms with Crippen molar-refractivity contribution in [1.82, 2.24) is 0 Å². The van der Waals surface area contributed by atoms with Crippen molar-refractivity contribution in [2.24, 2.45) is 5.92 Å². The van der Waals surface area contributed by atoms with Gasteiger partial charge in [-0.15, -0.1) is 0 Å². The Labute approximate surface area is 89.4 Å². The van der Waals surface area contributed by atoms with Gasteiger partial charge in [0.25, 0.3) is 0 Å². The number of rotatable bonds is 6. The predicted octanol–water partition coefficient (Wildman–Crippen LogP) is 3.51. The number of halogens is 1. The van der Waals surface area contributed by atoms with Crippen molar-refractivity contribution in [3.63, 3.8) is 0 Å². The van der Waals surface area contributed by atoms with Crippen LogP contribution in [0.15, 0.2) is 10.2 Å². The van der Waals surface area contributed by atoms with Crippen molar-refractivity contribution >= 4 is 22.6 Å². The molecule has 0 aliphatic heterocycles. The van der Waals surface area contributed by atoms with Gasteiger partial charge in [0, 0.05) is 0 Å². The van der Waals surface area contributed by atoms with E-state index in [1.807, 2.05) is 10.2 Å². The van der Waals surface area contributed by atoms with Crippen molar-refractivity contribution in [3.05, 3.63) is 10.2 Å². The second kappa shape index (κ2) is 8.05. The van der Waals surface area contributed by atoms with Crippen molar-refractivity contribution in [2.75, 3.05) is 0 Å². The van der Waals surface area contributed by atoms with Crippen LogP contribution in [-0.2, 0) is 0 Å². The summed E-state index contributed by atoms with van der Waals surface area (Å²) in [5.41, 5.74) is 0. The van der Waals surface area contributed by atoms with Gasteiger partial charge >= 0.3 is 0 Å². The summed E-state index contributed by atoms with van der Waals surface area (Å²) in [5.74, 6) is 0.646. The van der Waals surface area contributed by atoms with E-state index < -0.39 is 0 Å². The molecule has 0 aliphatic carbocycles. The molecule has 0 spiro atoms. The summed E-state index contributed by atoms with van der Waals surface area (Å²) >= 11 is 2.14. The molecule has 2 heteroatoms. The highest BCUT2D eigenvalue weighted by Gasteiger charge is 2.06. The van der Waals surface area contributed by atoms with E-state index in [9.17, 15) is 5.11 Å². The summed E-state index contributed by atoms with van der Waals surface area (Å²) in [6.45, 7) is 4.41. The van der Waals surface area contributed by atoms with E-state index in [0.717, 1.165) is 6.42 Å². The van der Waals surface area contributed by atoms with Crippen molar-refractivity contribution < 1.29 is 5.11 Å². The quantitative estimate of drug-likeness (QED) is 0.739. The minimum atomic E-state index is -0.242. The van der Waals surface area contributed by atoms with Crippen LogP contribution in [0.1, 0.15) is 39.5 Å². The first-order chi connectivity index (χ1) is 5.70. The number of unbranched alkanes of at least 4 members (excludes halogenated alkanes) is 1. The minimum Gasteiger partial charge on any atom is -0.389 e. The molecule has 0 rings (SSSR count). The Morgan fingerprint density at radius 1 is 1.50 bits per heavy atom. The normalized spacial score (nSPS) is 16.7. The Bertz CT molecular complexity index is 123. The van der Waals surface area contributed by atoms with Crippen LogP contribution in [0, 0.1) is 5.92 Å². The smallest absolute Gasteiger partial charge is 0.0730 e. The zero-order chi connectivity index (χ0) is 9.40. The zero-order valence-electron chi connectivity index (χ0n) is 7.96. The van der Waals surface area contributed by atoms with Gasteiger partial charge in [-0.05, 0) is 16.4 Å². The lowest BCUT2D eigenvalue weighted by atomic mass is 9.98. The summed E-state index contributed by atoms with van der Waals surface area (Å²) < 4.78 is 1.88. The van der Waals surface area contributed by atoms with Crippen molar-refractivity contribution in [3.8, 4) is 0 Å². The van der Waals surface area contributed by atoms with Crippen LogP contribution in [0.25, 0.3) is 0 Å². The molecule has 0 aliphatic rings. The lowest BCUT2D eigenvalue weighted by Crippen LogP contribution is -2.08. The lowest BCUT2D eigenvalue weighted by molar-refractivity contribution is 0.187. The molecule has 0 fully saturated rings. The molecule has 1 N–H and O–H groups in total. The second-order valence-electron chi connectivity index (χ2n) is 3.37. The van der Waals surface area contributed by atoms with Gasteiger partial charge in [0.1, 0.15) is 0 Å². The molecule has 1 nitrogen and oxygen atoms in total. The third kappa shape index (κ3) is 7.10. The zero-order valence-corrected chi connectivity index (χ0v) is 10.1. The molecule has 0 saturated heterocycles. The maximum absolute atomic E-state index is 9.43. The molecule has 0 aromatic carbocycles. The Kier molecular flexibility index (Phi) is 8.34. The maximum atomic E-state index is 9.43. The van der Waals surface area contributed by atoms with Gasteiger partial charge in [-0.2, -0.15) is 0 Å². The molecular weight excluding hydrogens is 263 g/mol. The Balaban J connectivity index is 3.46. The summed E-state index contributed by atoms with van der Waals surface area (Å²) in [7, 11) is 0. The number of aliphatic hydroxyl groups excluding tert-OH is 1. The molecule has 0 amide bonds. The van der Waals surface area contributed by atoms with E-state index in [1.54, 1.807) is 0 Å². The number of hydrogen-bond donors (Lipinski definition) is 1. The number of aliphatic hydroxyl groups is 1. The van der Waals surface area contributed by atoms with Crippen LogP contribution in [0.2, 0.25) is 0 Å². The third-order valence-electron chi connectivity index (χ3n) is 1.99. The fraction of sp³-hybridized carbons (Fsp3) is 0.800. The summed E-state index contributed by atoms with van der Waals surface area (Å²) in [5, 5.41) is 9.43. The van der Waals surface area contributed by atoms with Crippen molar-refractivity contribution in [1.29, 1.82) is 0 Å². The Hall–Kier alpha value is 0.430. The van der Waals surface area contributed by atoms with E-state index in [4.69, 9.17) is 0 Å². The van der Waals surface area contributed by atoms with Crippen LogP contribution < -0.4 is 0 Å². The molecule has 72 valence electrons. The fourth-order valence-electron chi connectivity index (χ4n) is 1.25. The third-order valence-corrected chi connectivity index (χ3v) is 2.40. The van der Waals surface area contributed by atoms with E-state index in [0.29, 0.717) is 5.92 Å². The summed E-state index contributed by atoms with van der Waals surface area (Å²) in [6, 6.07) is 0. The minimum absolute atomic E-state index is 0.242. The molecule has 2 atom stereocenters. The first kappa shape index (κ1) is 12.4. The predicted molar refractivity (Wildman–Crippen MR) is 62.5 cm³/mol. The topological polar surface area (TPSA) is 20.2 Å². The van der Waals surface area contributed by atoms with Crippen LogP contribution in [0.5, 0.6) is 0 Å². The molecular formula is C10H19IO. The molecule has 0 unspecified atom stereocenters. The molecule has 0 heterocycles. The van der Waals surface area contributed by atoms with E-state index in [2.05, 4.69) is 36.4 Å². The van der Waals surface area contributed by atoms with Crippen LogP contribution in [0.4, 0.5) is 0 Å². The van der Waals surface area contributed by atoms with E-state index in [1.165, 1.54) is 19.3 Å². The van der Waals surface area contributed by atoms with Gasteiger partial charge in [-0.3, -0.25) is 0 Å². The molecule has 12 heavy (non-hydrogen) atoms. The van der Waals surface area contributed by atoms with E-state index >= 15 is 0 Å². The maximum Gasteiger partial charge on any atom is 0.0730 e. The fourth-order valence-corrected chi connectivity index (χ4v) is 1.72. The molecule has 0 saturated carbocycles. The average Bonchev–Trinajstić information content (AvgIpc) is 2.01. The van der Waals surface area contributed by atoms with Crippen LogP contribution >= 0.6 is 22.6 Å². The van der Waals surface area contributed by atoms with Gasteiger partial charge in [-0.1, -0.05) is 61.8 Å². The largest absolute Gasteiger partial charge is 0.389 e. The highest BCUT2D eigenvalue weighted by atomic mass is 127. The number of hydrogen-bond acceptors (Lipinski definition) is 1. The lowest BCUT2D eigenvalue weighted by Gasteiger charge is -2.12. The summed E-state index contributed by atoms with van der Waals surface area (Å²) in [4.78, 5) is 0. The SMILES string of the molecule is CCCC[C@H](C)C[C@H](O)/C=C/I. The summed E-state index contributed by atoms with van der Waals surface area (Å²) in [6.07, 6.45) is 6.28. The van der Waals surface area contributed by atoms with Gasteiger partial charge in [0.15, 0.2) is 0 Å². The van der Waals surface area contributed by atoms with E-state index in [-0.39, 0.29) is 6.10 Å². The highest BCUT2D eigenvalue weighted by molar-refractivity contribution is 14.1. The van der Waals surface area contributed by atoms with Gasteiger partial charge in [-0.25, -0.2) is 0 Å².